The number of anilines is 3. The van der Waals surface area contributed by atoms with Crippen molar-refractivity contribution in [3.8, 4) is 0 Å². The van der Waals surface area contributed by atoms with Crippen LogP contribution in [0, 0.1) is 39.2 Å². The molecule has 3 aromatic rings. The third-order valence-corrected chi connectivity index (χ3v) is 14.1. The van der Waals surface area contributed by atoms with Gasteiger partial charge in [0.15, 0.2) is 0 Å². The number of carbonyl (C=O) groups excluding carboxylic acids is 1. The van der Waals surface area contributed by atoms with Gasteiger partial charge in [-0.25, -0.2) is 13.1 Å². The Morgan fingerprint density at radius 2 is 1.68 bits per heavy atom. The number of nitrogens with zero attached hydrogens (tertiary/aromatic N) is 3. The summed E-state index contributed by atoms with van der Waals surface area (Å²) in [4.78, 5) is 28.7. The van der Waals surface area contributed by atoms with Gasteiger partial charge in [0, 0.05) is 81.5 Å². The molecule has 3 aromatic carbocycles. The van der Waals surface area contributed by atoms with Crippen molar-refractivity contribution in [1.29, 1.82) is 0 Å². The number of nitro groups is 1. The Hall–Kier alpha value is -4.20. The molecule has 2 aliphatic heterocycles. The van der Waals surface area contributed by atoms with Gasteiger partial charge in [-0.2, -0.15) is 0 Å². The average Bonchev–Trinajstić information content (AvgIpc) is 3.68. The van der Waals surface area contributed by atoms with Gasteiger partial charge < -0.3 is 20.3 Å². The quantitative estimate of drug-likeness (QED) is 0.142. The molecule has 2 saturated heterocycles. The number of rotatable bonds is 12. The molecule has 12 nitrogen and oxygen atoms in total. The Morgan fingerprint density at radius 3 is 2.36 bits per heavy atom. The van der Waals surface area contributed by atoms with Gasteiger partial charge in [0.05, 0.1) is 9.82 Å². The summed E-state index contributed by atoms with van der Waals surface area (Å²) in [5.74, 6) is 1.75. The zero-order chi connectivity index (χ0) is 37.3. The fourth-order valence-electron chi connectivity index (χ4n) is 8.97. The molecule has 1 unspecified atom stereocenters. The molecule has 1 amide bonds. The normalized spacial score (nSPS) is 24.5. The first-order valence-electron chi connectivity index (χ1n) is 19.0. The molecule has 4 atom stereocenters. The molecule has 53 heavy (non-hydrogen) atoms. The maximum Gasteiger partial charge on any atom is 0.293 e. The van der Waals surface area contributed by atoms with Gasteiger partial charge in [-0.05, 0) is 103 Å². The number of fused-ring (bicyclic) bond motifs is 2. The van der Waals surface area contributed by atoms with Gasteiger partial charge in [-0.3, -0.25) is 19.8 Å². The number of nitrogens with one attached hydrogen (secondary N) is 3. The summed E-state index contributed by atoms with van der Waals surface area (Å²) >= 11 is 0. The number of piperazine rings is 1. The van der Waals surface area contributed by atoms with Crippen LogP contribution in [-0.4, -0.2) is 76.1 Å². The topological polar surface area (TPSA) is 146 Å². The lowest BCUT2D eigenvalue weighted by molar-refractivity contribution is -0.384. The molecule has 4 aliphatic rings. The minimum atomic E-state index is -4.37. The average molecular weight is 745 g/mol. The van der Waals surface area contributed by atoms with Gasteiger partial charge in [0.25, 0.3) is 21.6 Å². The van der Waals surface area contributed by atoms with E-state index in [2.05, 4.69) is 70.2 Å². The first-order valence-corrected chi connectivity index (χ1v) is 20.5. The van der Waals surface area contributed by atoms with Crippen LogP contribution in [-0.2, 0) is 21.3 Å². The second-order valence-electron chi connectivity index (χ2n) is 16.0. The monoisotopic (exact) mass is 744 g/mol. The number of amides is 1. The molecule has 2 bridgehead atoms. The molecule has 0 radical (unpaired) electrons. The third kappa shape index (κ3) is 8.02. The number of sulfonamides is 1. The van der Waals surface area contributed by atoms with E-state index < -0.39 is 20.9 Å². The van der Waals surface area contributed by atoms with Crippen LogP contribution in [0.3, 0.4) is 0 Å². The van der Waals surface area contributed by atoms with Crippen molar-refractivity contribution in [2.24, 2.45) is 29.1 Å². The van der Waals surface area contributed by atoms with Crippen LogP contribution in [0.2, 0.25) is 0 Å². The predicted molar refractivity (Wildman–Crippen MR) is 207 cm³/mol. The van der Waals surface area contributed by atoms with E-state index in [1.165, 1.54) is 36.2 Å². The Kier molecular flexibility index (Phi) is 10.7. The van der Waals surface area contributed by atoms with E-state index in [1.54, 1.807) is 12.1 Å². The van der Waals surface area contributed by atoms with Crippen LogP contribution < -0.4 is 20.3 Å². The number of hydrogen-bond acceptors (Lipinski definition) is 10. The van der Waals surface area contributed by atoms with E-state index in [0.717, 1.165) is 75.1 Å². The third-order valence-electron chi connectivity index (χ3n) is 12.7. The molecular weight excluding hydrogens is 693 g/mol. The summed E-state index contributed by atoms with van der Waals surface area (Å²) in [6.07, 6.45) is 4.28. The SMILES string of the molecule is C[C@H]1[C@H]2C[C@@H](CC2Nc2ccccc2CN2CCN(c3ccc(C(=O)NS(=O)(=O)c4ccc(NCC5CCOCC5)c([N+](=O)[O-])c4)cc3)CC2)C1(C)C. The van der Waals surface area contributed by atoms with Gasteiger partial charge in [-0.1, -0.05) is 39.0 Å². The van der Waals surface area contributed by atoms with E-state index in [9.17, 15) is 23.3 Å². The summed E-state index contributed by atoms with van der Waals surface area (Å²) in [5.41, 5.74) is 4.01. The van der Waals surface area contributed by atoms with Crippen molar-refractivity contribution >= 4 is 38.7 Å². The van der Waals surface area contributed by atoms with Gasteiger partial charge in [0.1, 0.15) is 5.69 Å². The lowest BCUT2D eigenvalue weighted by atomic mass is 9.68. The number of ether oxygens (including phenoxy) is 1. The van der Waals surface area contributed by atoms with Crippen molar-refractivity contribution in [3.05, 3.63) is 88.0 Å². The fraction of sp³-hybridized carbons (Fsp3) is 0.525. The zero-order valence-corrected chi connectivity index (χ0v) is 31.7. The maximum absolute atomic E-state index is 13.2. The number of carbonyl (C=O) groups is 1. The summed E-state index contributed by atoms with van der Waals surface area (Å²) in [7, 11) is -4.37. The van der Waals surface area contributed by atoms with Crippen LogP contribution in [0.15, 0.2) is 71.6 Å². The number of nitro benzene ring substituents is 1. The molecule has 2 aliphatic carbocycles. The summed E-state index contributed by atoms with van der Waals surface area (Å²) < 4.78 is 33.7. The van der Waals surface area contributed by atoms with E-state index in [1.807, 2.05) is 12.1 Å². The Balaban J connectivity index is 0.917. The second-order valence-corrected chi connectivity index (χ2v) is 17.7. The largest absolute Gasteiger partial charge is 0.382 e. The molecular formula is C40H52N6O6S. The number of hydrogen-bond donors (Lipinski definition) is 3. The summed E-state index contributed by atoms with van der Waals surface area (Å²) in [5, 5.41) is 18.9. The van der Waals surface area contributed by atoms with Gasteiger partial charge in [0.2, 0.25) is 0 Å². The molecule has 2 saturated carbocycles. The molecule has 2 heterocycles. The van der Waals surface area contributed by atoms with E-state index in [4.69, 9.17) is 4.74 Å². The highest BCUT2D eigenvalue weighted by atomic mass is 32.2. The maximum atomic E-state index is 13.2. The summed E-state index contributed by atoms with van der Waals surface area (Å²) in [6.45, 7) is 13.5. The lowest BCUT2D eigenvalue weighted by Gasteiger charge is -2.41. The Bertz CT molecular complexity index is 1900. The highest BCUT2D eigenvalue weighted by Gasteiger charge is 2.55. The minimum Gasteiger partial charge on any atom is -0.382 e. The lowest BCUT2D eigenvalue weighted by Crippen LogP contribution is -2.46. The number of para-hydroxylation sites is 1. The smallest absolute Gasteiger partial charge is 0.293 e. The van der Waals surface area contributed by atoms with Crippen molar-refractivity contribution in [2.75, 3.05) is 61.5 Å². The van der Waals surface area contributed by atoms with Crippen LogP contribution in [0.25, 0.3) is 0 Å². The standard InChI is InChI=1S/C40H52N6O6S/c1-27-34-22-31(40(27,2)3)23-37(34)42-35-7-5-4-6-30(35)26-44-16-18-45(19-17-44)32-10-8-29(9-11-32)39(47)43-53(50,51)33-12-13-36(38(24-33)46(48)49)41-25-28-14-20-52-21-15-28/h4-13,24,27-28,31,34,37,41-42H,14-23,25-26H2,1-3H3,(H,43,47)/t27-,31-,34+,37?/m0/s1. The molecule has 3 N–H and O–H groups in total. The van der Waals surface area contributed by atoms with Crippen LogP contribution in [0.5, 0.6) is 0 Å². The van der Waals surface area contributed by atoms with Crippen LogP contribution in [0.4, 0.5) is 22.7 Å². The fourth-order valence-corrected chi connectivity index (χ4v) is 9.96. The number of benzene rings is 3. The Morgan fingerprint density at radius 1 is 0.962 bits per heavy atom. The van der Waals surface area contributed by atoms with Gasteiger partial charge >= 0.3 is 0 Å². The Labute approximate surface area is 312 Å². The van der Waals surface area contributed by atoms with E-state index >= 15 is 0 Å². The van der Waals surface area contributed by atoms with Crippen molar-refractivity contribution in [2.45, 2.75) is 63.9 Å². The van der Waals surface area contributed by atoms with Crippen molar-refractivity contribution in [3.63, 3.8) is 0 Å². The molecule has 0 aromatic heterocycles. The van der Waals surface area contributed by atoms with Gasteiger partial charge in [-0.15, -0.1) is 0 Å². The first kappa shape index (κ1) is 37.1. The summed E-state index contributed by atoms with van der Waals surface area (Å²) in [6, 6.07) is 19.8. The first-order chi connectivity index (χ1) is 25.4. The van der Waals surface area contributed by atoms with Crippen LogP contribution in [0.1, 0.15) is 62.4 Å². The second kappa shape index (κ2) is 15.3. The molecule has 13 heteroatoms. The highest BCUT2D eigenvalue weighted by Crippen LogP contribution is 2.59. The van der Waals surface area contributed by atoms with Crippen molar-refractivity contribution < 1.29 is 22.9 Å². The van der Waals surface area contributed by atoms with Crippen LogP contribution >= 0.6 is 0 Å². The van der Waals surface area contributed by atoms with E-state index in [0.29, 0.717) is 37.1 Å². The highest BCUT2D eigenvalue weighted by molar-refractivity contribution is 7.90. The zero-order valence-electron chi connectivity index (χ0n) is 30.9. The minimum absolute atomic E-state index is 0.178. The molecule has 284 valence electrons. The molecule has 7 rings (SSSR count). The molecule has 0 spiro atoms. The van der Waals surface area contributed by atoms with E-state index in [-0.39, 0.29) is 21.8 Å². The molecule has 4 fully saturated rings. The predicted octanol–water partition coefficient (Wildman–Crippen LogP) is 6.36. The van der Waals surface area contributed by atoms with Crippen molar-refractivity contribution in [1.82, 2.24) is 9.62 Å².